The van der Waals surface area contributed by atoms with Crippen molar-refractivity contribution in [3.8, 4) is 0 Å². The van der Waals surface area contributed by atoms with E-state index < -0.39 is 0 Å². The van der Waals surface area contributed by atoms with Crippen molar-refractivity contribution in [1.29, 1.82) is 0 Å². The summed E-state index contributed by atoms with van der Waals surface area (Å²) in [5.74, 6) is -0.139. The lowest BCUT2D eigenvalue weighted by molar-refractivity contribution is 0.102. The number of rotatable bonds is 5. The van der Waals surface area contributed by atoms with Gasteiger partial charge in [0.2, 0.25) is 0 Å². The Morgan fingerprint density at radius 2 is 1.69 bits per heavy atom. The third-order valence-electron chi connectivity index (χ3n) is 4.87. The van der Waals surface area contributed by atoms with Crippen LogP contribution in [0.15, 0.2) is 42.7 Å². The van der Waals surface area contributed by atoms with Crippen LogP contribution in [0.25, 0.3) is 0 Å². The monoisotopic (exact) mass is 352 g/mol. The van der Waals surface area contributed by atoms with Crippen LogP contribution >= 0.6 is 0 Å². The van der Waals surface area contributed by atoms with Crippen molar-refractivity contribution in [3.05, 3.63) is 48.3 Å². The molecule has 2 aromatic rings. The normalized spacial score (nSPS) is 15.2. The smallest absolute Gasteiger partial charge is 0.257 e. The molecule has 1 saturated carbocycles. The minimum absolute atomic E-state index is 0.139. The lowest BCUT2D eigenvalue weighted by Gasteiger charge is -2.17. The Hall–Kier alpha value is -2.56. The molecule has 5 heteroatoms. The van der Waals surface area contributed by atoms with Gasteiger partial charge in [-0.3, -0.25) is 9.78 Å². The quantitative estimate of drug-likeness (QED) is 0.776. The molecule has 0 saturated heterocycles. The number of aromatic nitrogens is 1. The van der Waals surface area contributed by atoms with Crippen molar-refractivity contribution >= 4 is 23.0 Å². The fraction of sp³-hybridized carbons (Fsp3) is 0.429. The van der Waals surface area contributed by atoms with E-state index in [4.69, 9.17) is 0 Å². The first-order valence-corrected chi connectivity index (χ1v) is 9.42. The first-order chi connectivity index (χ1) is 12.6. The Bertz CT molecular complexity index is 719. The van der Waals surface area contributed by atoms with Gasteiger partial charge in [0.25, 0.3) is 5.91 Å². The Kier molecular flexibility index (Phi) is 6.10. The second kappa shape index (κ2) is 8.70. The Labute approximate surface area is 155 Å². The van der Waals surface area contributed by atoms with E-state index in [1.54, 1.807) is 12.4 Å². The van der Waals surface area contributed by atoms with E-state index in [1.807, 2.05) is 49.3 Å². The molecule has 0 aliphatic heterocycles. The molecule has 0 radical (unpaired) electrons. The molecule has 1 aromatic carbocycles. The van der Waals surface area contributed by atoms with E-state index in [0.29, 0.717) is 11.6 Å². The van der Waals surface area contributed by atoms with E-state index in [9.17, 15) is 4.79 Å². The number of anilines is 3. The van der Waals surface area contributed by atoms with E-state index in [2.05, 4.69) is 15.6 Å². The van der Waals surface area contributed by atoms with Crippen molar-refractivity contribution in [3.63, 3.8) is 0 Å². The second-order valence-corrected chi connectivity index (χ2v) is 7.19. The molecule has 0 bridgehead atoms. The molecule has 0 spiro atoms. The molecule has 1 amide bonds. The lowest BCUT2D eigenvalue weighted by Crippen LogP contribution is -2.19. The summed E-state index contributed by atoms with van der Waals surface area (Å²) in [6.07, 6.45) is 11.0. The molecule has 5 nitrogen and oxygen atoms in total. The number of amides is 1. The zero-order chi connectivity index (χ0) is 18.4. The Balaban J connectivity index is 1.63. The van der Waals surface area contributed by atoms with Gasteiger partial charge in [-0.15, -0.1) is 0 Å². The third-order valence-corrected chi connectivity index (χ3v) is 4.87. The molecule has 0 atom stereocenters. The van der Waals surface area contributed by atoms with Crippen LogP contribution in [0.5, 0.6) is 0 Å². The van der Waals surface area contributed by atoms with Crippen molar-refractivity contribution in [2.75, 3.05) is 29.6 Å². The predicted molar refractivity (Wildman–Crippen MR) is 108 cm³/mol. The number of nitrogens with one attached hydrogen (secondary N) is 2. The highest BCUT2D eigenvalue weighted by molar-refractivity contribution is 6.04. The van der Waals surface area contributed by atoms with Gasteiger partial charge >= 0.3 is 0 Å². The molecule has 0 unspecified atom stereocenters. The number of hydrogen-bond acceptors (Lipinski definition) is 4. The SMILES string of the molecule is CN(C)c1ccc(NC(=O)c2cncc(NC3CCCCCC3)c2)cc1. The summed E-state index contributed by atoms with van der Waals surface area (Å²) in [5.41, 5.74) is 3.37. The average Bonchev–Trinajstić information content (AvgIpc) is 2.91. The van der Waals surface area contributed by atoms with Gasteiger partial charge in [-0.1, -0.05) is 25.7 Å². The van der Waals surface area contributed by atoms with Crippen LogP contribution in [0.3, 0.4) is 0 Å². The van der Waals surface area contributed by atoms with Gasteiger partial charge in [-0.25, -0.2) is 0 Å². The lowest BCUT2D eigenvalue weighted by atomic mass is 10.1. The molecule has 2 N–H and O–H groups in total. The van der Waals surface area contributed by atoms with Crippen LogP contribution in [0.2, 0.25) is 0 Å². The molecule has 1 aromatic heterocycles. The van der Waals surface area contributed by atoms with Gasteiger partial charge in [-0.05, 0) is 43.2 Å². The van der Waals surface area contributed by atoms with Gasteiger partial charge in [0.1, 0.15) is 0 Å². The van der Waals surface area contributed by atoms with Crippen LogP contribution in [0, 0.1) is 0 Å². The number of benzene rings is 1. The van der Waals surface area contributed by atoms with Crippen LogP contribution in [-0.4, -0.2) is 31.0 Å². The Morgan fingerprint density at radius 3 is 2.35 bits per heavy atom. The fourth-order valence-corrected chi connectivity index (χ4v) is 3.35. The molecule has 1 fully saturated rings. The first kappa shape index (κ1) is 18.2. The van der Waals surface area contributed by atoms with E-state index in [1.165, 1.54) is 38.5 Å². The van der Waals surface area contributed by atoms with Crippen LogP contribution in [-0.2, 0) is 0 Å². The molecular weight excluding hydrogens is 324 g/mol. The molecule has 138 valence electrons. The standard InChI is InChI=1S/C21H28N4O/c1-25(2)20-11-9-18(10-12-20)24-21(26)16-13-19(15-22-14-16)23-17-7-5-3-4-6-8-17/h9-15,17,23H,3-8H2,1-2H3,(H,24,26). The van der Waals surface area contributed by atoms with E-state index in [0.717, 1.165) is 17.1 Å². The van der Waals surface area contributed by atoms with E-state index in [-0.39, 0.29) is 5.91 Å². The largest absolute Gasteiger partial charge is 0.381 e. The topological polar surface area (TPSA) is 57.3 Å². The maximum Gasteiger partial charge on any atom is 0.257 e. The second-order valence-electron chi connectivity index (χ2n) is 7.19. The number of carbonyl (C=O) groups is 1. The average molecular weight is 352 g/mol. The summed E-state index contributed by atoms with van der Waals surface area (Å²) >= 11 is 0. The number of nitrogens with zero attached hydrogens (tertiary/aromatic N) is 2. The fourth-order valence-electron chi connectivity index (χ4n) is 3.35. The first-order valence-electron chi connectivity index (χ1n) is 9.42. The van der Waals surface area contributed by atoms with Crippen LogP contribution in [0.1, 0.15) is 48.9 Å². The van der Waals surface area contributed by atoms with Crippen LogP contribution < -0.4 is 15.5 Å². The summed E-state index contributed by atoms with van der Waals surface area (Å²) < 4.78 is 0. The van der Waals surface area contributed by atoms with Crippen molar-refractivity contribution in [2.45, 2.75) is 44.6 Å². The molecular formula is C21H28N4O. The highest BCUT2D eigenvalue weighted by Gasteiger charge is 2.13. The van der Waals surface area contributed by atoms with Crippen molar-refractivity contribution in [2.24, 2.45) is 0 Å². The zero-order valence-corrected chi connectivity index (χ0v) is 15.7. The summed E-state index contributed by atoms with van der Waals surface area (Å²) in [4.78, 5) is 18.8. The number of hydrogen-bond donors (Lipinski definition) is 2. The third kappa shape index (κ3) is 4.97. The summed E-state index contributed by atoms with van der Waals surface area (Å²) in [6, 6.07) is 10.2. The molecule has 1 aliphatic rings. The maximum absolute atomic E-state index is 12.5. The minimum atomic E-state index is -0.139. The predicted octanol–water partition coefficient (Wildman–Crippen LogP) is 4.53. The van der Waals surface area contributed by atoms with Crippen molar-refractivity contribution < 1.29 is 4.79 Å². The van der Waals surface area contributed by atoms with E-state index >= 15 is 0 Å². The zero-order valence-electron chi connectivity index (χ0n) is 15.7. The summed E-state index contributed by atoms with van der Waals surface area (Å²) in [7, 11) is 3.98. The maximum atomic E-state index is 12.5. The van der Waals surface area contributed by atoms with Gasteiger partial charge in [0, 0.05) is 43.9 Å². The molecule has 26 heavy (non-hydrogen) atoms. The van der Waals surface area contributed by atoms with Gasteiger partial charge < -0.3 is 15.5 Å². The molecule has 1 aliphatic carbocycles. The van der Waals surface area contributed by atoms with Crippen LogP contribution in [0.4, 0.5) is 17.1 Å². The molecule has 3 rings (SSSR count). The molecule has 1 heterocycles. The highest BCUT2D eigenvalue weighted by Crippen LogP contribution is 2.22. The Morgan fingerprint density at radius 1 is 1.00 bits per heavy atom. The highest BCUT2D eigenvalue weighted by atomic mass is 16.1. The van der Waals surface area contributed by atoms with Gasteiger partial charge in [-0.2, -0.15) is 0 Å². The number of carbonyl (C=O) groups excluding carboxylic acids is 1. The van der Waals surface area contributed by atoms with Gasteiger partial charge in [0.15, 0.2) is 0 Å². The van der Waals surface area contributed by atoms with Gasteiger partial charge in [0.05, 0.1) is 11.3 Å². The summed E-state index contributed by atoms with van der Waals surface area (Å²) in [6.45, 7) is 0. The van der Waals surface area contributed by atoms with Crippen molar-refractivity contribution in [1.82, 2.24) is 4.98 Å². The summed E-state index contributed by atoms with van der Waals surface area (Å²) in [5, 5.41) is 6.49. The number of pyridine rings is 1. The minimum Gasteiger partial charge on any atom is -0.381 e.